The normalized spacial score (nSPS) is 12.2. The lowest BCUT2D eigenvalue weighted by Gasteiger charge is -2.19. The van der Waals surface area contributed by atoms with Gasteiger partial charge >= 0.3 is 0 Å². The minimum atomic E-state index is -3.74. The van der Waals surface area contributed by atoms with Crippen LogP contribution in [0.4, 0.5) is 0 Å². The monoisotopic (exact) mass is 359 g/mol. The van der Waals surface area contributed by atoms with Gasteiger partial charge in [0.1, 0.15) is 0 Å². The van der Waals surface area contributed by atoms with E-state index < -0.39 is 10.0 Å². The quantitative estimate of drug-likeness (QED) is 0.716. The Morgan fingerprint density at radius 3 is 2.32 bits per heavy atom. The zero-order chi connectivity index (χ0) is 18.4. The summed E-state index contributed by atoms with van der Waals surface area (Å²) in [5.41, 5.74) is 2.01. The maximum absolute atomic E-state index is 12.8. The number of benzene rings is 2. The van der Waals surface area contributed by atoms with Gasteiger partial charge in [-0.05, 0) is 24.3 Å². The molecule has 25 heavy (non-hydrogen) atoms. The van der Waals surface area contributed by atoms with Crippen molar-refractivity contribution in [2.75, 3.05) is 27.7 Å². The van der Waals surface area contributed by atoms with Crippen molar-refractivity contribution in [3.63, 3.8) is 0 Å². The summed E-state index contributed by atoms with van der Waals surface area (Å²) in [6.07, 6.45) is 0. The molecule has 0 fully saturated rings. The minimum Gasteiger partial charge on any atom is -0.348 e. The van der Waals surface area contributed by atoms with E-state index in [4.69, 9.17) is 0 Å². The van der Waals surface area contributed by atoms with E-state index in [1.165, 1.54) is 11.9 Å². The SMILES string of the molecule is CN(C)C(=O)CN(C)S(=O)(=O)c1ccc2c(c1)c1ccccc1n2C. The van der Waals surface area contributed by atoms with Gasteiger partial charge in [0, 0.05) is 50.0 Å². The third-order valence-electron chi connectivity index (χ3n) is 4.45. The van der Waals surface area contributed by atoms with Crippen LogP contribution in [-0.2, 0) is 21.9 Å². The van der Waals surface area contributed by atoms with Gasteiger partial charge in [-0.15, -0.1) is 0 Å². The third-order valence-corrected chi connectivity index (χ3v) is 6.25. The van der Waals surface area contributed by atoms with Crippen molar-refractivity contribution in [3.05, 3.63) is 42.5 Å². The second kappa shape index (κ2) is 6.16. The second-order valence-electron chi connectivity index (χ2n) is 6.30. The number of likely N-dealkylation sites (N-methyl/N-ethyl adjacent to an activating group) is 2. The molecule has 6 nitrogen and oxygen atoms in total. The van der Waals surface area contributed by atoms with Gasteiger partial charge in [0.2, 0.25) is 15.9 Å². The maximum Gasteiger partial charge on any atom is 0.243 e. The van der Waals surface area contributed by atoms with Crippen LogP contribution in [0.2, 0.25) is 0 Å². The molecule has 7 heteroatoms. The number of para-hydroxylation sites is 1. The first-order valence-corrected chi connectivity index (χ1v) is 9.31. The number of aryl methyl sites for hydroxylation is 1. The molecule has 1 amide bonds. The molecule has 0 N–H and O–H groups in total. The molecular weight excluding hydrogens is 338 g/mol. The molecule has 132 valence electrons. The van der Waals surface area contributed by atoms with E-state index in [0.717, 1.165) is 26.1 Å². The molecule has 0 spiro atoms. The van der Waals surface area contributed by atoms with E-state index in [2.05, 4.69) is 0 Å². The third kappa shape index (κ3) is 2.89. The highest BCUT2D eigenvalue weighted by molar-refractivity contribution is 7.89. The molecule has 0 saturated carbocycles. The minimum absolute atomic E-state index is 0.186. The molecule has 0 radical (unpaired) electrons. The zero-order valence-electron chi connectivity index (χ0n) is 14.7. The largest absolute Gasteiger partial charge is 0.348 e. The molecule has 1 aromatic heterocycles. The van der Waals surface area contributed by atoms with Gasteiger partial charge in [0.05, 0.1) is 11.4 Å². The predicted octanol–water partition coefficient (Wildman–Crippen LogP) is 2.04. The molecule has 2 aromatic carbocycles. The highest BCUT2D eigenvalue weighted by Gasteiger charge is 2.24. The molecule has 3 aromatic rings. The fourth-order valence-electron chi connectivity index (χ4n) is 2.90. The highest BCUT2D eigenvalue weighted by atomic mass is 32.2. The van der Waals surface area contributed by atoms with E-state index in [-0.39, 0.29) is 17.3 Å². The summed E-state index contributed by atoms with van der Waals surface area (Å²) in [6, 6.07) is 13.0. The molecule has 3 rings (SSSR count). The number of hydrogen-bond acceptors (Lipinski definition) is 3. The Kier molecular flexibility index (Phi) is 4.30. The Bertz CT molecular complexity index is 1070. The lowest BCUT2D eigenvalue weighted by atomic mass is 10.1. The van der Waals surface area contributed by atoms with E-state index in [1.54, 1.807) is 26.2 Å². The Balaban J connectivity index is 2.09. The number of rotatable bonds is 4. The van der Waals surface area contributed by atoms with Gasteiger partial charge < -0.3 is 9.47 Å². The molecular formula is C18H21N3O3S. The summed E-state index contributed by atoms with van der Waals surface area (Å²) in [4.78, 5) is 13.4. The Morgan fingerprint density at radius 2 is 1.64 bits per heavy atom. The number of carbonyl (C=O) groups excluding carboxylic acids is 1. The Hall–Kier alpha value is -2.38. The lowest BCUT2D eigenvalue weighted by Crippen LogP contribution is -2.37. The molecule has 1 heterocycles. The average molecular weight is 359 g/mol. The number of amides is 1. The zero-order valence-corrected chi connectivity index (χ0v) is 15.5. The van der Waals surface area contributed by atoms with Crippen LogP contribution in [-0.4, -0.2) is 55.8 Å². The van der Waals surface area contributed by atoms with E-state index in [0.29, 0.717) is 0 Å². The number of nitrogens with zero attached hydrogens (tertiary/aromatic N) is 3. The van der Waals surface area contributed by atoms with Crippen molar-refractivity contribution in [1.29, 1.82) is 0 Å². The van der Waals surface area contributed by atoms with Crippen LogP contribution in [0.5, 0.6) is 0 Å². The van der Waals surface area contributed by atoms with Crippen molar-refractivity contribution in [3.8, 4) is 0 Å². The molecule has 0 atom stereocenters. The molecule has 0 aliphatic heterocycles. The number of aromatic nitrogens is 1. The standard InChI is InChI=1S/C18H21N3O3S/c1-19(2)18(22)12-20(3)25(23,24)13-9-10-17-15(11-13)14-7-5-6-8-16(14)21(17)4/h5-11H,12H2,1-4H3. The van der Waals surface area contributed by atoms with E-state index in [1.807, 2.05) is 41.9 Å². The maximum atomic E-state index is 12.8. The van der Waals surface area contributed by atoms with Crippen molar-refractivity contribution >= 4 is 37.7 Å². The van der Waals surface area contributed by atoms with Crippen LogP contribution in [0.15, 0.2) is 47.4 Å². The van der Waals surface area contributed by atoms with Gasteiger partial charge in [-0.3, -0.25) is 4.79 Å². The average Bonchev–Trinajstić information content (AvgIpc) is 2.87. The van der Waals surface area contributed by atoms with Crippen molar-refractivity contribution in [1.82, 2.24) is 13.8 Å². The van der Waals surface area contributed by atoms with Crippen molar-refractivity contribution in [2.24, 2.45) is 7.05 Å². The Morgan fingerprint density at radius 1 is 1.00 bits per heavy atom. The first-order chi connectivity index (χ1) is 11.7. The summed E-state index contributed by atoms with van der Waals surface area (Å²) in [7, 11) is 2.84. The first kappa shape index (κ1) is 17.4. The summed E-state index contributed by atoms with van der Waals surface area (Å²) >= 11 is 0. The lowest BCUT2D eigenvalue weighted by molar-refractivity contribution is -0.128. The topological polar surface area (TPSA) is 62.6 Å². The molecule has 0 unspecified atom stereocenters. The predicted molar refractivity (Wildman–Crippen MR) is 98.9 cm³/mol. The van der Waals surface area contributed by atoms with Crippen molar-refractivity contribution < 1.29 is 13.2 Å². The number of sulfonamides is 1. The van der Waals surface area contributed by atoms with Gasteiger partial charge in [0.15, 0.2) is 0 Å². The van der Waals surface area contributed by atoms with Crippen LogP contribution in [0.25, 0.3) is 21.8 Å². The summed E-state index contributed by atoms with van der Waals surface area (Å²) in [5.74, 6) is -0.266. The first-order valence-electron chi connectivity index (χ1n) is 7.87. The summed E-state index contributed by atoms with van der Waals surface area (Å²) < 4.78 is 28.8. The molecule has 0 saturated heterocycles. The highest BCUT2D eigenvalue weighted by Crippen LogP contribution is 2.30. The van der Waals surface area contributed by atoms with Gasteiger partial charge in [-0.1, -0.05) is 18.2 Å². The van der Waals surface area contributed by atoms with Crippen molar-refractivity contribution in [2.45, 2.75) is 4.90 Å². The fourth-order valence-corrected chi connectivity index (χ4v) is 4.05. The fraction of sp³-hybridized carbons (Fsp3) is 0.278. The molecule has 0 aliphatic carbocycles. The van der Waals surface area contributed by atoms with E-state index >= 15 is 0 Å². The van der Waals surface area contributed by atoms with Crippen LogP contribution in [0, 0.1) is 0 Å². The van der Waals surface area contributed by atoms with Crippen LogP contribution < -0.4 is 0 Å². The van der Waals surface area contributed by atoms with Gasteiger partial charge in [-0.25, -0.2) is 8.42 Å². The van der Waals surface area contributed by atoms with Crippen LogP contribution in [0.3, 0.4) is 0 Å². The number of fused-ring (bicyclic) bond motifs is 3. The molecule has 0 aliphatic rings. The second-order valence-corrected chi connectivity index (χ2v) is 8.35. The van der Waals surface area contributed by atoms with Crippen LogP contribution >= 0.6 is 0 Å². The number of carbonyl (C=O) groups is 1. The van der Waals surface area contributed by atoms with Gasteiger partial charge in [0.25, 0.3) is 0 Å². The van der Waals surface area contributed by atoms with Crippen LogP contribution in [0.1, 0.15) is 0 Å². The smallest absolute Gasteiger partial charge is 0.243 e. The Labute approximate surface area is 147 Å². The summed E-state index contributed by atoms with van der Waals surface area (Å²) in [6.45, 7) is -0.192. The van der Waals surface area contributed by atoms with Gasteiger partial charge in [-0.2, -0.15) is 4.31 Å². The van der Waals surface area contributed by atoms with E-state index in [9.17, 15) is 13.2 Å². The summed E-state index contributed by atoms with van der Waals surface area (Å²) in [5, 5.41) is 1.88. The molecule has 0 bridgehead atoms. The number of hydrogen-bond donors (Lipinski definition) is 0.